The second kappa shape index (κ2) is 36.5. The maximum absolute atomic E-state index is 12.5. The Bertz CT molecular complexity index is 968. The maximum Gasteiger partial charge on any atom is 0.306 e. The number of unbranched alkanes of at least 4 members (excludes halogenated alkanes) is 18. The van der Waals surface area contributed by atoms with Gasteiger partial charge in [0, 0.05) is 19.3 Å². The molecule has 0 bridgehead atoms. The number of aliphatic carboxylic acids is 1. The number of likely N-dealkylation sites (N-methyl/N-ethyl adjacent to an activating group) is 1. The summed E-state index contributed by atoms with van der Waals surface area (Å²) in [4.78, 5) is 36.6. The number of esters is 2. The van der Waals surface area contributed by atoms with Crippen molar-refractivity contribution >= 4 is 17.9 Å². The number of carbonyl (C=O) groups excluding carboxylic acids is 3. The Morgan fingerprint density at radius 3 is 1.58 bits per heavy atom. The van der Waals surface area contributed by atoms with Gasteiger partial charge in [-0.2, -0.15) is 0 Å². The number of ether oxygens (including phenoxy) is 3. The van der Waals surface area contributed by atoms with E-state index in [2.05, 4.69) is 44.2 Å². The van der Waals surface area contributed by atoms with Crippen molar-refractivity contribution in [2.75, 3.05) is 41.0 Å². The Labute approximate surface area is 325 Å². The van der Waals surface area contributed by atoms with E-state index in [9.17, 15) is 19.5 Å². The fourth-order valence-corrected chi connectivity index (χ4v) is 6.12. The summed E-state index contributed by atoms with van der Waals surface area (Å²) in [5.41, 5.74) is 0. The molecule has 2 atom stereocenters. The monoisotopic (exact) mass is 748 g/mol. The van der Waals surface area contributed by atoms with Crippen LogP contribution < -0.4 is 5.11 Å². The molecule has 0 spiro atoms. The van der Waals surface area contributed by atoms with Gasteiger partial charge in [0.1, 0.15) is 12.6 Å². The smallest absolute Gasteiger partial charge is 0.306 e. The quantitative estimate of drug-likeness (QED) is 0.0268. The van der Waals surface area contributed by atoms with Gasteiger partial charge in [-0.15, -0.1) is 0 Å². The van der Waals surface area contributed by atoms with Crippen LogP contribution in [0.1, 0.15) is 181 Å². The van der Waals surface area contributed by atoms with Crippen LogP contribution in [0, 0.1) is 0 Å². The molecule has 0 aromatic rings. The molecule has 0 aliphatic carbocycles. The van der Waals surface area contributed by atoms with Gasteiger partial charge >= 0.3 is 11.9 Å². The lowest BCUT2D eigenvalue weighted by molar-refractivity contribution is -0.889. The number of hydrogen-bond donors (Lipinski definition) is 0. The standard InChI is InChI=1S/C45H81NO7/c1-6-8-10-12-14-15-16-17-18-19-20-21-22-23-24-25-26-27-28-30-31-33-35-43(47)52-40-41(39-51-38-37-42(45(49)50)46(3,4)5)53-44(48)36-34-32-29-13-11-9-7-2/h19-20,22-23,29,32,41-42H,6-18,21,24-28,30-31,33-40H2,1-5H3/b20-19+,23-22+,32-29+. The molecule has 2 unspecified atom stereocenters. The zero-order valence-corrected chi connectivity index (χ0v) is 34.9. The third kappa shape index (κ3) is 35.0. The second-order valence-electron chi connectivity index (χ2n) is 15.6. The second-order valence-corrected chi connectivity index (χ2v) is 15.6. The predicted octanol–water partition coefficient (Wildman–Crippen LogP) is 10.1. The minimum Gasteiger partial charge on any atom is -0.544 e. The Balaban J connectivity index is 4.18. The SMILES string of the molecule is CCCCC/C=C/CCC(=O)OC(COCCC(C(=O)[O-])[N+](C)(C)C)COC(=O)CCCCCCCCC/C=C/C/C=C/CCCCCCCCCC. The highest BCUT2D eigenvalue weighted by Crippen LogP contribution is 2.13. The third-order valence-corrected chi connectivity index (χ3v) is 9.51. The van der Waals surface area contributed by atoms with Gasteiger partial charge in [-0.1, -0.05) is 140 Å². The molecule has 308 valence electrons. The number of nitrogens with zero attached hydrogens (tertiary/aromatic N) is 1. The molecule has 8 nitrogen and oxygen atoms in total. The highest BCUT2D eigenvalue weighted by molar-refractivity contribution is 5.70. The first kappa shape index (κ1) is 50.5. The molecule has 0 aromatic carbocycles. The number of hydrogen-bond acceptors (Lipinski definition) is 7. The average molecular weight is 748 g/mol. The molecule has 53 heavy (non-hydrogen) atoms. The highest BCUT2D eigenvalue weighted by atomic mass is 16.6. The molecule has 0 aliphatic rings. The Morgan fingerprint density at radius 1 is 0.566 bits per heavy atom. The molecule has 0 saturated heterocycles. The van der Waals surface area contributed by atoms with Crippen LogP contribution in [0.4, 0.5) is 0 Å². The predicted molar refractivity (Wildman–Crippen MR) is 217 cm³/mol. The Morgan fingerprint density at radius 2 is 1.04 bits per heavy atom. The first-order valence-corrected chi connectivity index (χ1v) is 21.5. The normalized spacial score (nSPS) is 13.3. The summed E-state index contributed by atoms with van der Waals surface area (Å²) in [7, 11) is 5.38. The van der Waals surface area contributed by atoms with Crippen molar-refractivity contribution in [1.82, 2.24) is 0 Å². The van der Waals surface area contributed by atoms with Crippen LogP contribution in [0.3, 0.4) is 0 Å². The summed E-state index contributed by atoms with van der Waals surface area (Å²) in [6, 6.07) is -0.730. The van der Waals surface area contributed by atoms with E-state index in [1.165, 1.54) is 96.3 Å². The van der Waals surface area contributed by atoms with Gasteiger partial charge in [-0.25, -0.2) is 0 Å². The minimum absolute atomic E-state index is 0.0228. The van der Waals surface area contributed by atoms with E-state index in [1.807, 2.05) is 6.08 Å². The summed E-state index contributed by atoms with van der Waals surface area (Å²) in [6.45, 7) is 4.54. The molecular formula is C45H81NO7. The fourth-order valence-electron chi connectivity index (χ4n) is 6.12. The lowest BCUT2D eigenvalue weighted by Gasteiger charge is -2.34. The Hall–Kier alpha value is -2.45. The number of carboxylic acids is 1. The topological polar surface area (TPSA) is 102 Å². The van der Waals surface area contributed by atoms with Gasteiger partial charge in [-0.05, 0) is 57.8 Å². The van der Waals surface area contributed by atoms with Gasteiger partial charge < -0.3 is 28.6 Å². The van der Waals surface area contributed by atoms with Gasteiger partial charge in [0.25, 0.3) is 0 Å². The van der Waals surface area contributed by atoms with Crippen molar-refractivity contribution < 1.29 is 38.2 Å². The zero-order chi connectivity index (χ0) is 39.3. The number of quaternary nitrogens is 1. The van der Waals surface area contributed by atoms with E-state index in [0.717, 1.165) is 44.9 Å². The van der Waals surface area contributed by atoms with Crippen molar-refractivity contribution in [3.8, 4) is 0 Å². The maximum atomic E-state index is 12.5. The van der Waals surface area contributed by atoms with Crippen molar-refractivity contribution in [2.45, 2.75) is 193 Å². The van der Waals surface area contributed by atoms with Crippen molar-refractivity contribution in [1.29, 1.82) is 0 Å². The molecular weight excluding hydrogens is 666 g/mol. The lowest BCUT2D eigenvalue weighted by Crippen LogP contribution is -2.55. The van der Waals surface area contributed by atoms with E-state index < -0.39 is 18.1 Å². The van der Waals surface area contributed by atoms with Crippen LogP contribution in [-0.2, 0) is 28.6 Å². The molecule has 0 aromatic heterocycles. The minimum atomic E-state index is -1.13. The molecule has 0 radical (unpaired) electrons. The van der Waals surface area contributed by atoms with E-state index in [-0.39, 0.29) is 49.1 Å². The van der Waals surface area contributed by atoms with Crippen molar-refractivity contribution in [3.05, 3.63) is 36.5 Å². The third-order valence-electron chi connectivity index (χ3n) is 9.51. The van der Waals surface area contributed by atoms with E-state index >= 15 is 0 Å². The number of carbonyl (C=O) groups is 3. The van der Waals surface area contributed by atoms with Crippen molar-refractivity contribution in [2.24, 2.45) is 0 Å². The molecule has 8 heteroatoms. The number of carboxylic acid groups (broad SMARTS) is 1. The molecule has 0 heterocycles. The van der Waals surface area contributed by atoms with Crippen molar-refractivity contribution in [3.63, 3.8) is 0 Å². The molecule has 0 aliphatic heterocycles. The van der Waals surface area contributed by atoms with Crippen LogP contribution in [0.2, 0.25) is 0 Å². The zero-order valence-electron chi connectivity index (χ0n) is 34.9. The lowest BCUT2D eigenvalue weighted by atomic mass is 10.1. The van der Waals surface area contributed by atoms with E-state index in [1.54, 1.807) is 21.1 Å². The summed E-state index contributed by atoms with van der Waals surface area (Å²) in [5.74, 6) is -1.82. The summed E-state index contributed by atoms with van der Waals surface area (Å²) < 4.78 is 17.0. The van der Waals surface area contributed by atoms with Gasteiger partial charge in [0.15, 0.2) is 6.10 Å². The summed E-state index contributed by atoms with van der Waals surface area (Å²) in [6.07, 6.45) is 40.7. The first-order valence-electron chi connectivity index (χ1n) is 21.5. The van der Waals surface area contributed by atoms with Gasteiger partial charge in [-0.3, -0.25) is 9.59 Å². The molecule has 0 amide bonds. The molecule has 0 saturated carbocycles. The summed E-state index contributed by atoms with van der Waals surface area (Å²) in [5, 5.41) is 11.6. The number of allylic oxidation sites excluding steroid dienone is 6. The summed E-state index contributed by atoms with van der Waals surface area (Å²) >= 11 is 0. The number of rotatable bonds is 38. The van der Waals surface area contributed by atoms with E-state index in [4.69, 9.17) is 14.2 Å². The molecule has 0 N–H and O–H groups in total. The van der Waals surface area contributed by atoms with E-state index in [0.29, 0.717) is 12.8 Å². The van der Waals surface area contributed by atoms with Crippen LogP contribution in [0.25, 0.3) is 0 Å². The van der Waals surface area contributed by atoms with Crippen LogP contribution in [0.5, 0.6) is 0 Å². The van der Waals surface area contributed by atoms with Crippen LogP contribution in [-0.4, -0.2) is 75.5 Å². The average Bonchev–Trinajstić information content (AvgIpc) is 3.11. The van der Waals surface area contributed by atoms with Crippen LogP contribution >= 0.6 is 0 Å². The molecule has 0 fully saturated rings. The van der Waals surface area contributed by atoms with Gasteiger partial charge in [0.2, 0.25) is 0 Å². The molecule has 0 rings (SSSR count). The van der Waals surface area contributed by atoms with Crippen LogP contribution in [0.15, 0.2) is 36.5 Å². The largest absolute Gasteiger partial charge is 0.544 e. The fraction of sp³-hybridized carbons (Fsp3) is 0.800. The van der Waals surface area contributed by atoms with Gasteiger partial charge in [0.05, 0.1) is 40.3 Å². The first-order chi connectivity index (χ1) is 25.6. The Kier molecular flexibility index (Phi) is 34.8. The highest BCUT2D eigenvalue weighted by Gasteiger charge is 2.25.